The standard InChI is InChI=1S/C8H15N3O/c1-4-6(9-3)8-11-10-7(5-2)12-8/h6,9H,4-5H2,1-3H3. The van der Waals surface area contributed by atoms with Crippen LogP contribution < -0.4 is 5.32 Å². The van der Waals surface area contributed by atoms with Crippen molar-refractivity contribution in [3.63, 3.8) is 0 Å². The minimum absolute atomic E-state index is 0.192. The molecule has 1 aromatic rings. The van der Waals surface area contributed by atoms with E-state index in [1.165, 1.54) is 0 Å². The second-order valence-electron chi connectivity index (χ2n) is 2.64. The Morgan fingerprint density at radius 1 is 1.42 bits per heavy atom. The average Bonchev–Trinajstić information content (AvgIpc) is 2.55. The normalized spacial score (nSPS) is 13.2. The minimum Gasteiger partial charge on any atom is -0.424 e. The first-order valence-corrected chi connectivity index (χ1v) is 4.31. The van der Waals surface area contributed by atoms with E-state index < -0.39 is 0 Å². The molecule has 4 heteroatoms. The Kier molecular flexibility index (Phi) is 3.22. The lowest BCUT2D eigenvalue weighted by atomic mass is 10.2. The van der Waals surface area contributed by atoms with Gasteiger partial charge in [0.2, 0.25) is 11.8 Å². The van der Waals surface area contributed by atoms with E-state index in [1.54, 1.807) is 0 Å². The lowest BCUT2D eigenvalue weighted by Crippen LogP contribution is -2.15. The molecule has 0 aliphatic carbocycles. The Morgan fingerprint density at radius 2 is 2.17 bits per heavy atom. The molecule has 12 heavy (non-hydrogen) atoms. The fourth-order valence-corrected chi connectivity index (χ4v) is 1.05. The van der Waals surface area contributed by atoms with E-state index in [0.717, 1.165) is 12.8 Å². The third-order valence-electron chi connectivity index (χ3n) is 1.84. The largest absolute Gasteiger partial charge is 0.424 e. The van der Waals surface area contributed by atoms with Crippen LogP contribution in [0.1, 0.15) is 38.1 Å². The second-order valence-corrected chi connectivity index (χ2v) is 2.64. The first-order chi connectivity index (χ1) is 5.81. The van der Waals surface area contributed by atoms with Gasteiger partial charge in [0.1, 0.15) is 0 Å². The molecule has 1 aromatic heterocycles. The summed E-state index contributed by atoms with van der Waals surface area (Å²) in [4.78, 5) is 0. The molecule has 0 saturated carbocycles. The van der Waals surface area contributed by atoms with Gasteiger partial charge in [-0.25, -0.2) is 0 Å². The van der Waals surface area contributed by atoms with Gasteiger partial charge in [-0.2, -0.15) is 0 Å². The topological polar surface area (TPSA) is 51.0 Å². The third-order valence-corrected chi connectivity index (χ3v) is 1.84. The highest BCUT2D eigenvalue weighted by Gasteiger charge is 2.13. The summed E-state index contributed by atoms with van der Waals surface area (Å²) in [6, 6.07) is 0.192. The van der Waals surface area contributed by atoms with Crippen LogP contribution >= 0.6 is 0 Å². The number of nitrogens with one attached hydrogen (secondary N) is 1. The molecule has 4 nitrogen and oxygen atoms in total. The Labute approximate surface area is 72.4 Å². The first kappa shape index (κ1) is 9.19. The highest BCUT2D eigenvalue weighted by molar-refractivity contribution is 4.88. The van der Waals surface area contributed by atoms with Crippen molar-refractivity contribution in [1.82, 2.24) is 15.5 Å². The maximum absolute atomic E-state index is 5.39. The van der Waals surface area contributed by atoms with E-state index in [9.17, 15) is 0 Å². The van der Waals surface area contributed by atoms with Gasteiger partial charge < -0.3 is 9.73 Å². The van der Waals surface area contributed by atoms with Crippen molar-refractivity contribution in [2.24, 2.45) is 0 Å². The number of nitrogens with zero attached hydrogens (tertiary/aromatic N) is 2. The Hall–Kier alpha value is -0.900. The molecular weight excluding hydrogens is 154 g/mol. The van der Waals surface area contributed by atoms with E-state index in [4.69, 9.17) is 4.42 Å². The number of aromatic nitrogens is 2. The van der Waals surface area contributed by atoms with Crippen LogP contribution in [0.15, 0.2) is 4.42 Å². The van der Waals surface area contributed by atoms with Gasteiger partial charge >= 0.3 is 0 Å². The first-order valence-electron chi connectivity index (χ1n) is 4.31. The summed E-state index contributed by atoms with van der Waals surface area (Å²) in [5, 5.41) is 11.0. The highest BCUT2D eigenvalue weighted by Crippen LogP contribution is 2.13. The molecule has 0 spiro atoms. The van der Waals surface area contributed by atoms with Crippen LogP contribution in [0.4, 0.5) is 0 Å². The van der Waals surface area contributed by atoms with Crippen molar-refractivity contribution in [3.8, 4) is 0 Å². The van der Waals surface area contributed by atoms with Gasteiger partial charge in [-0.15, -0.1) is 10.2 Å². The zero-order valence-corrected chi connectivity index (χ0v) is 7.79. The molecule has 0 aliphatic heterocycles. The summed E-state index contributed by atoms with van der Waals surface area (Å²) in [5.74, 6) is 1.40. The number of hydrogen-bond acceptors (Lipinski definition) is 4. The number of aryl methyl sites for hydroxylation is 1. The van der Waals surface area contributed by atoms with E-state index in [-0.39, 0.29) is 6.04 Å². The van der Waals surface area contributed by atoms with Crippen molar-refractivity contribution in [2.45, 2.75) is 32.7 Å². The minimum atomic E-state index is 0.192. The van der Waals surface area contributed by atoms with Crippen molar-refractivity contribution in [2.75, 3.05) is 7.05 Å². The van der Waals surface area contributed by atoms with Crippen LogP contribution in [-0.4, -0.2) is 17.2 Å². The molecule has 1 N–H and O–H groups in total. The highest BCUT2D eigenvalue weighted by atomic mass is 16.4. The summed E-state index contributed by atoms with van der Waals surface area (Å²) in [6.45, 7) is 4.08. The second kappa shape index (κ2) is 4.21. The number of rotatable bonds is 4. The molecule has 0 amide bonds. The molecule has 0 saturated heterocycles. The SMILES string of the molecule is CCc1nnc(C(CC)NC)o1. The summed E-state index contributed by atoms with van der Waals surface area (Å²) >= 11 is 0. The van der Waals surface area contributed by atoms with Crippen molar-refractivity contribution in [3.05, 3.63) is 11.8 Å². The van der Waals surface area contributed by atoms with Crippen molar-refractivity contribution < 1.29 is 4.42 Å². The molecular formula is C8H15N3O. The maximum atomic E-state index is 5.39. The van der Waals surface area contributed by atoms with Crippen LogP contribution in [0.3, 0.4) is 0 Å². The molecule has 0 aromatic carbocycles. The van der Waals surface area contributed by atoms with E-state index in [2.05, 4.69) is 22.4 Å². The van der Waals surface area contributed by atoms with Crippen molar-refractivity contribution in [1.29, 1.82) is 0 Å². The molecule has 1 atom stereocenters. The predicted octanol–water partition coefficient (Wildman–Crippen LogP) is 1.30. The number of hydrogen-bond donors (Lipinski definition) is 1. The fraction of sp³-hybridized carbons (Fsp3) is 0.750. The van der Waals surface area contributed by atoms with Gasteiger partial charge in [-0.3, -0.25) is 0 Å². The third kappa shape index (κ3) is 1.82. The Morgan fingerprint density at radius 3 is 2.58 bits per heavy atom. The zero-order valence-electron chi connectivity index (χ0n) is 7.79. The fourth-order valence-electron chi connectivity index (χ4n) is 1.05. The quantitative estimate of drug-likeness (QED) is 0.738. The van der Waals surface area contributed by atoms with Crippen LogP contribution in [0, 0.1) is 0 Å². The smallest absolute Gasteiger partial charge is 0.233 e. The van der Waals surface area contributed by atoms with Crippen molar-refractivity contribution >= 4 is 0 Å². The molecule has 0 fully saturated rings. The summed E-state index contributed by atoms with van der Waals surface area (Å²) in [5.41, 5.74) is 0. The lowest BCUT2D eigenvalue weighted by molar-refractivity contribution is 0.388. The van der Waals surface area contributed by atoms with Gasteiger partial charge in [0, 0.05) is 6.42 Å². The molecule has 1 unspecified atom stereocenters. The lowest BCUT2D eigenvalue weighted by Gasteiger charge is -2.06. The summed E-state index contributed by atoms with van der Waals surface area (Å²) < 4.78 is 5.39. The van der Waals surface area contributed by atoms with Gasteiger partial charge in [0.15, 0.2) is 0 Å². The van der Waals surface area contributed by atoms with Gasteiger partial charge in [0.05, 0.1) is 6.04 Å². The van der Waals surface area contributed by atoms with Crippen LogP contribution in [0.2, 0.25) is 0 Å². The van der Waals surface area contributed by atoms with Gasteiger partial charge in [-0.1, -0.05) is 13.8 Å². The Bertz CT molecular complexity index is 230. The van der Waals surface area contributed by atoms with E-state index in [0.29, 0.717) is 11.8 Å². The molecule has 1 rings (SSSR count). The molecule has 0 radical (unpaired) electrons. The summed E-state index contributed by atoms with van der Waals surface area (Å²) in [6.07, 6.45) is 1.76. The average molecular weight is 169 g/mol. The van der Waals surface area contributed by atoms with Gasteiger partial charge in [-0.05, 0) is 13.5 Å². The molecule has 68 valence electrons. The zero-order chi connectivity index (χ0) is 8.97. The molecule has 1 heterocycles. The van der Waals surface area contributed by atoms with Crippen LogP contribution in [0.25, 0.3) is 0 Å². The van der Waals surface area contributed by atoms with Crippen LogP contribution in [-0.2, 0) is 6.42 Å². The van der Waals surface area contributed by atoms with E-state index >= 15 is 0 Å². The van der Waals surface area contributed by atoms with Gasteiger partial charge in [0.25, 0.3) is 0 Å². The maximum Gasteiger partial charge on any atom is 0.233 e. The molecule has 0 bridgehead atoms. The predicted molar refractivity (Wildman–Crippen MR) is 45.8 cm³/mol. The van der Waals surface area contributed by atoms with Crippen LogP contribution in [0.5, 0.6) is 0 Å². The Balaban J connectivity index is 2.72. The summed E-state index contributed by atoms with van der Waals surface area (Å²) in [7, 11) is 1.89. The van der Waals surface area contributed by atoms with E-state index in [1.807, 2.05) is 14.0 Å². The molecule has 0 aliphatic rings. The monoisotopic (exact) mass is 169 g/mol.